The second-order valence-corrected chi connectivity index (χ2v) is 9.08. The van der Waals surface area contributed by atoms with Gasteiger partial charge in [-0.25, -0.2) is 9.88 Å². The quantitative estimate of drug-likeness (QED) is 0.332. The lowest BCUT2D eigenvalue weighted by atomic mass is 9.90. The zero-order chi connectivity index (χ0) is 24.0. The number of amides is 2. The number of carbonyl (C=O) groups is 2. The third-order valence-corrected chi connectivity index (χ3v) is 7.32. The predicted molar refractivity (Wildman–Crippen MR) is 130 cm³/mol. The van der Waals surface area contributed by atoms with E-state index in [9.17, 15) is 24.9 Å². The van der Waals surface area contributed by atoms with E-state index in [0.29, 0.717) is 54.4 Å². The molecule has 3 aromatic heterocycles. The molecule has 1 aliphatic rings. The highest BCUT2D eigenvalue weighted by Crippen LogP contribution is 2.39. The van der Waals surface area contributed by atoms with Gasteiger partial charge in [0.05, 0.1) is 22.2 Å². The minimum atomic E-state index is -0.447. The molecule has 0 fully saturated rings. The Morgan fingerprint density at radius 2 is 1.51 bits per heavy atom. The number of nitrogens with zero attached hydrogens (tertiary/aromatic N) is 5. The summed E-state index contributed by atoms with van der Waals surface area (Å²) < 4.78 is 1.42. The SMILES string of the molecule is N#Cc1cc2nc3c4ccc5c6c(ccc(c(=O)n3c2cc1C#N)c64)C(=O)N(c1cccs1)C5=O. The number of carbonyl (C=O) groups excluding carboxylic acids is 2. The Kier molecular flexibility index (Phi) is 3.58. The number of hydrogen-bond acceptors (Lipinski definition) is 7. The Morgan fingerprint density at radius 1 is 0.829 bits per heavy atom. The monoisotopic (exact) mass is 471 g/mol. The number of anilines is 1. The second kappa shape index (κ2) is 6.48. The van der Waals surface area contributed by atoms with Crippen LogP contribution in [-0.4, -0.2) is 21.2 Å². The van der Waals surface area contributed by atoms with Crippen LogP contribution >= 0.6 is 11.3 Å². The Balaban J connectivity index is 1.64. The third kappa shape index (κ3) is 2.27. The summed E-state index contributed by atoms with van der Waals surface area (Å²) >= 11 is 1.29. The zero-order valence-electron chi connectivity index (χ0n) is 17.6. The normalized spacial score (nSPS) is 13.3. The van der Waals surface area contributed by atoms with Crippen LogP contribution in [0.1, 0.15) is 31.8 Å². The molecule has 4 heterocycles. The first-order chi connectivity index (χ1) is 17.0. The van der Waals surface area contributed by atoms with Crippen molar-refractivity contribution in [3.63, 3.8) is 0 Å². The molecule has 1 aliphatic heterocycles. The molecule has 0 bridgehead atoms. The third-order valence-electron chi connectivity index (χ3n) is 6.46. The molecule has 6 aromatic rings. The van der Waals surface area contributed by atoms with Gasteiger partial charge in [-0.3, -0.25) is 18.8 Å². The van der Waals surface area contributed by atoms with E-state index in [2.05, 4.69) is 4.98 Å². The molecule has 0 unspecified atom stereocenters. The number of pyridine rings is 1. The summed E-state index contributed by atoms with van der Waals surface area (Å²) in [7, 11) is 0. The Hall–Kier alpha value is -5.12. The highest BCUT2D eigenvalue weighted by Gasteiger charge is 2.36. The summed E-state index contributed by atoms with van der Waals surface area (Å²) in [6.07, 6.45) is 0. The van der Waals surface area contributed by atoms with Crippen molar-refractivity contribution in [3.8, 4) is 12.1 Å². The van der Waals surface area contributed by atoms with Crippen LogP contribution in [0.3, 0.4) is 0 Å². The molecular formula is C26H9N5O3S. The topological polar surface area (TPSA) is 119 Å². The molecule has 7 rings (SSSR count). The van der Waals surface area contributed by atoms with E-state index >= 15 is 0 Å². The van der Waals surface area contributed by atoms with Crippen molar-refractivity contribution in [1.29, 1.82) is 10.5 Å². The predicted octanol–water partition coefficient (Wildman–Crippen LogP) is 4.20. The fourth-order valence-corrected chi connectivity index (χ4v) is 5.69. The van der Waals surface area contributed by atoms with Gasteiger partial charge >= 0.3 is 0 Å². The van der Waals surface area contributed by atoms with Crippen LogP contribution in [0.25, 0.3) is 38.2 Å². The summed E-state index contributed by atoms with van der Waals surface area (Å²) in [5.74, 6) is -0.894. The molecule has 0 saturated heterocycles. The lowest BCUT2D eigenvalue weighted by Gasteiger charge is -2.26. The van der Waals surface area contributed by atoms with E-state index in [1.165, 1.54) is 27.9 Å². The number of nitriles is 2. The lowest BCUT2D eigenvalue weighted by Crippen LogP contribution is -2.40. The Labute approximate surface area is 199 Å². The molecule has 0 atom stereocenters. The number of aromatic nitrogens is 2. The van der Waals surface area contributed by atoms with Crippen molar-refractivity contribution in [2.24, 2.45) is 0 Å². The van der Waals surface area contributed by atoms with Gasteiger partial charge in [0.1, 0.15) is 22.8 Å². The van der Waals surface area contributed by atoms with E-state index in [1.807, 2.05) is 12.1 Å². The van der Waals surface area contributed by atoms with Crippen molar-refractivity contribution in [2.45, 2.75) is 0 Å². The van der Waals surface area contributed by atoms with Crippen molar-refractivity contribution in [3.05, 3.63) is 86.5 Å². The van der Waals surface area contributed by atoms with E-state index in [0.717, 1.165) is 4.90 Å². The summed E-state index contributed by atoms with van der Waals surface area (Å²) in [5, 5.41) is 23.0. The molecule has 0 radical (unpaired) electrons. The highest BCUT2D eigenvalue weighted by atomic mass is 32.1. The molecule has 35 heavy (non-hydrogen) atoms. The van der Waals surface area contributed by atoms with Gasteiger partial charge in [-0.05, 0) is 53.9 Å². The number of benzene rings is 3. The van der Waals surface area contributed by atoms with Crippen LogP contribution in [0, 0.1) is 22.7 Å². The van der Waals surface area contributed by atoms with E-state index in [4.69, 9.17) is 0 Å². The molecule has 3 aromatic carbocycles. The van der Waals surface area contributed by atoms with Crippen LogP contribution in [-0.2, 0) is 0 Å². The Morgan fingerprint density at radius 3 is 2.17 bits per heavy atom. The average Bonchev–Trinajstić information content (AvgIpc) is 3.53. The number of thiophene rings is 1. The van der Waals surface area contributed by atoms with Gasteiger partial charge in [-0.15, -0.1) is 11.3 Å². The minimum absolute atomic E-state index is 0.149. The summed E-state index contributed by atoms with van der Waals surface area (Å²) in [5.41, 5.74) is 1.76. The molecule has 0 spiro atoms. The van der Waals surface area contributed by atoms with Crippen LogP contribution in [0.5, 0.6) is 0 Å². The maximum absolute atomic E-state index is 13.7. The number of imide groups is 1. The maximum Gasteiger partial charge on any atom is 0.266 e. The maximum atomic E-state index is 13.7. The highest BCUT2D eigenvalue weighted by molar-refractivity contribution is 7.14. The molecular weight excluding hydrogens is 462 g/mol. The molecule has 0 saturated carbocycles. The fraction of sp³-hybridized carbons (Fsp3) is 0. The lowest BCUT2D eigenvalue weighted by molar-refractivity contribution is 0.0894. The van der Waals surface area contributed by atoms with Crippen molar-refractivity contribution in [2.75, 3.05) is 4.90 Å². The molecule has 0 aliphatic carbocycles. The molecule has 8 nitrogen and oxygen atoms in total. The number of fused-ring (bicyclic) bond motifs is 4. The number of rotatable bonds is 1. The second-order valence-electron chi connectivity index (χ2n) is 8.15. The summed E-state index contributed by atoms with van der Waals surface area (Å²) in [6.45, 7) is 0. The van der Waals surface area contributed by atoms with Gasteiger partial charge in [0, 0.05) is 32.7 Å². The molecule has 162 valence electrons. The number of hydrogen-bond donors (Lipinski definition) is 0. The molecule has 2 amide bonds. The van der Waals surface area contributed by atoms with E-state index < -0.39 is 11.8 Å². The van der Waals surface area contributed by atoms with E-state index in [-0.39, 0.29) is 16.7 Å². The first-order valence-electron chi connectivity index (χ1n) is 10.5. The standard InChI is InChI=1S/C26H9N5O3S/c27-10-12-8-18-19(9-13(12)11-28)30-23(29-18)14-3-4-16-22-17(6-5-15(21(14)22)24(30)32)26(34)31(25(16)33)20-2-1-7-35-20/h1-9H. The van der Waals surface area contributed by atoms with Crippen LogP contribution < -0.4 is 10.5 Å². The first kappa shape index (κ1) is 19.4. The number of imidazole rings is 1. The fourth-order valence-electron chi connectivity index (χ4n) is 4.96. The molecule has 0 N–H and O–H groups in total. The van der Waals surface area contributed by atoms with Gasteiger partial charge in [0.2, 0.25) is 0 Å². The van der Waals surface area contributed by atoms with Gasteiger partial charge in [0.25, 0.3) is 17.4 Å². The summed E-state index contributed by atoms with van der Waals surface area (Å²) in [4.78, 5) is 46.2. The summed E-state index contributed by atoms with van der Waals surface area (Å²) in [6, 6.07) is 17.0. The smallest absolute Gasteiger partial charge is 0.266 e. The largest absolute Gasteiger partial charge is 0.268 e. The van der Waals surface area contributed by atoms with Crippen LogP contribution in [0.4, 0.5) is 5.00 Å². The van der Waals surface area contributed by atoms with Crippen molar-refractivity contribution >= 4 is 66.4 Å². The Bertz CT molecular complexity index is 2070. The first-order valence-corrected chi connectivity index (χ1v) is 11.3. The minimum Gasteiger partial charge on any atom is -0.268 e. The average molecular weight is 471 g/mol. The van der Waals surface area contributed by atoms with Gasteiger partial charge in [0.15, 0.2) is 0 Å². The van der Waals surface area contributed by atoms with Gasteiger partial charge < -0.3 is 0 Å². The van der Waals surface area contributed by atoms with Gasteiger partial charge in [-0.1, -0.05) is 0 Å². The van der Waals surface area contributed by atoms with Crippen molar-refractivity contribution in [1.82, 2.24) is 9.38 Å². The van der Waals surface area contributed by atoms with Crippen molar-refractivity contribution < 1.29 is 9.59 Å². The van der Waals surface area contributed by atoms with E-state index in [1.54, 1.807) is 41.8 Å². The zero-order valence-corrected chi connectivity index (χ0v) is 18.4. The van der Waals surface area contributed by atoms with Crippen LogP contribution in [0.2, 0.25) is 0 Å². The molecule has 9 heteroatoms. The van der Waals surface area contributed by atoms with Gasteiger partial charge in [-0.2, -0.15) is 10.5 Å². The van der Waals surface area contributed by atoms with Crippen LogP contribution in [0.15, 0.2) is 58.7 Å².